The van der Waals surface area contributed by atoms with Crippen molar-refractivity contribution in [3.63, 3.8) is 0 Å². The molecule has 0 spiro atoms. The molecule has 0 radical (unpaired) electrons. The fourth-order valence-electron chi connectivity index (χ4n) is 1.15. The van der Waals surface area contributed by atoms with Crippen molar-refractivity contribution in [1.29, 1.82) is 0 Å². The molecule has 62 valence electrons. The van der Waals surface area contributed by atoms with E-state index in [1.54, 1.807) is 0 Å². The van der Waals surface area contributed by atoms with Crippen LogP contribution in [0.3, 0.4) is 0 Å². The summed E-state index contributed by atoms with van der Waals surface area (Å²) in [6, 6.07) is 2.17. The molecule has 1 aromatic heterocycles. The molecule has 0 bridgehead atoms. The maximum absolute atomic E-state index is 3.28. The first-order valence-corrected chi connectivity index (χ1v) is 3.58. The Morgan fingerprint density at radius 3 is 2.09 bits per heavy atom. The van der Waals surface area contributed by atoms with Crippen molar-refractivity contribution in [3.05, 3.63) is 28.6 Å². The van der Waals surface area contributed by atoms with Gasteiger partial charge >= 0.3 is 0 Å². The van der Waals surface area contributed by atoms with Crippen molar-refractivity contribution in [2.45, 2.75) is 27.7 Å². The fraction of sp³-hybridized carbons (Fsp3) is 0.444. The molecule has 0 aliphatic rings. The van der Waals surface area contributed by atoms with E-state index in [2.05, 4.69) is 38.7 Å². The van der Waals surface area contributed by atoms with Gasteiger partial charge in [0.1, 0.15) is 0 Å². The molecule has 0 fully saturated rings. The van der Waals surface area contributed by atoms with E-state index >= 15 is 0 Å². The van der Waals surface area contributed by atoms with E-state index in [1.807, 2.05) is 0 Å². The van der Waals surface area contributed by atoms with E-state index in [4.69, 9.17) is 0 Å². The van der Waals surface area contributed by atoms with Gasteiger partial charge in [0.25, 0.3) is 0 Å². The van der Waals surface area contributed by atoms with Gasteiger partial charge in [-0.3, -0.25) is 0 Å². The Kier molecular flexibility index (Phi) is 4.00. The summed E-state index contributed by atoms with van der Waals surface area (Å²) in [5.41, 5.74) is 5.25. The summed E-state index contributed by atoms with van der Waals surface area (Å²) in [4.78, 5) is 3.28. The Morgan fingerprint density at radius 2 is 1.64 bits per heavy atom. The van der Waals surface area contributed by atoms with Crippen molar-refractivity contribution in [3.8, 4) is 0 Å². The molecule has 1 rings (SSSR count). The van der Waals surface area contributed by atoms with E-state index in [-0.39, 0.29) is 24.0 Å². The van der Waals surface area contributed by atoms with Gasteiger partial charge in [-0.15, -0.1) is 0 Å². The molecule has 0 unspecified atom stereocenters. The molecular formula is C9H14IN. The molecule has 11 heavy (non-hydrogen) atoms. The smallest absolute Gasteiger partial charge is 0.179 e. The van der Waals surface area contributed by atoms with E-state index in [0.717, 1.165) is 0 Å². The largest absolute Gasteiger partial charge is 1.00 e. The maximum atomic E-state index is 3.28. The maximum Gasteiger partial charge on any atom is 0.179 e. The third-order valence-corrected chi connectivity index (χ3v) is 1.97. The predicted octanol–water partition coefficient (Wildman–Crippen LogP) is -1.26. The highest BCUT2D eigenvalue weighted by molar-refractivity contribution is 5.24. The zero-order valence-electron chi connectivity index (χ0n) is 7.46. The van der Waals surface area contributed by atoms with Gasteiger partial charge in [0, 0.05) is 25.5 Å². The lowest BCUT2D eigenvalue weighted by molar-refractivity contribution is -0.397. The van der Waals surface area contributed by atoms with Gasteiger partial charge in [-0.2, -0.15) is 0 Å². The normalized spacial score (nSPS) is 9.09. The summed E-state index contributed by atoms with van der Waals surface area (Å²) < 4.78 is 0. The van der Waals surface area contributed by atoms with Crippen LogP contribution < -0.4 is 29.0 Å². The number of rotatable bonds is 0. The molecule has 0 saturated heterocycles. The summed E-state index contributed by atoms with van der Waals surface area (Å²) >= 11 is 0. The lowest BCUT2D eigenvalue weighted by Crippen LogP contribution is -3.00. The summed E-state index contributed by atoms with van der Waals surface area (Å²) in [5.74, 6) is 0. The number of aryl methyl sites for hydroxylation is 3. The zero-order valence-corrected chi connectivity index (χ0v) is 9.61. The van der Waals surface area contributed by atoms with Gasteiger partial charge in [0.15, 0.2) is 11.4 Å². The number of aromatic amines is 1. The van der Waals surface area contributed by atoms with Gasteiger partial charge in [0.2, 0.25) is 0 Å². The lowest BCUT2D eigenvalue weighted by atomic mass is 10.1. The molecule has 0 amide bonds. The van der Waals surface area contributed by atoms with Crippen LogP contribution >= 0.6 is 0 Å². The molecule has 0 aliphatic carbocycles. The number of halogens is 1. The predicted molar refractivity (Wildman–Crippen MR) is 41.9 cm³/mol. The fourth-order valence-corrected chi connectivity index (χ4v) is 1.15. The highest BCUT2D eigenvalue weighted by Crippen LogP contribution is 2.06. The van der Waals surface area contributed by atoms with Gasteiger partial charge < -0.3 is 24.0 Å². The van der Waals surface area contributed by atoms with Crippen LogP contribution in [-0.4, -0.2) is 0 Å². The first-order valence-electron chi connectivity index (χ1n) is 3.58. The molecule has 1 aromatic rings. The average molecular weight is 263 g/mol. The van der Waals surface area contributed by atoms with Crippen molar-refractivity contribution in [2.75, 3.05) is 0 Å². The SMILES string of the molecule is Cc1cc(C)c(C)c(C)[nH+]1.[I-]. The van der Waals surface area contributed by atoms with Crippen molar-refractivity contribution >= 4 is 0 Å². The number of pyridine rings is 1. The zero-order chi connectivity index (χ0) is 7.72. The standard InChI is InChI=1S/C9H13N.HI/c1-6-5-7(2)10-9(4)8(6)3;/h5H,1-4H3;1H. The van der Waals surface area contributed by atoms with Crippen LogP contribution in [0.25, 0.3) is 0 Å². The highest BCUT2D eigenvalue weighted by atomic mass is 127. The number of hydrogen-bond acceptors (Lipinski definition) is 0. The van der Waals surface area contributed by atoms with Crippen LogP contribution in [0.4, 0.5) is 0 Å². The van der Waals surface area contributed by atoms with Crippen molar-refractivity contribution in [1.82, 2.24) is 0 Å². The van der Waals surface area contributed by atoms with E-state index in [9.17, 15) is 0 Å². The third-order valence-electron chi connectivity index (χ3n) is 1.97. The first-order chi connectivity index (χ1) is 4.61. The van der Waals surface area contributed by atoms with Crippen LogP contribution in [0.2, 0.25) is 0 Å². The molecule has 1 nitrogen and oxygen atoms in total. The summed E-state index contributed by atoms with van der Waals surface area (Å²) in [7, 11) is 0. The minimum Gasteiger partial charge on any atom is -1.00 e. The summed E-state index contributed by atoms with van der Waals surface area (Å²) in [5, 5.41) is 0. The van der Waals surface area contributed by atoms with Gasteiger partial charge in [0.05, 0.1) is 0 Å². The molecule has 0 atom stereocenters. The van der Waals surface area contributed by atoms with Crippen molar-refractivity contribution < 1.29 is 29.0 Å². The van der Waals surface area contributed by atoms with Gasteiger partial charge in [-0.05, 0) is 19.4 Å². The number of nitrogens with one attached hydrogen (secondary N) is 1. The minimum atomic E-state index is 0. The highest BCUT2D eigenvalue weighted by Gasteiger charge is 2.03. The molecule has 0 aliphatic heterocycles. The van der Waals surface area contributed by atoms with E-state index in [1.165, 1.54) is 22.5 Å². The molecule has 1 heterocycles. The number of hydrogen-bond donors (Lipinski definition) is 0. The summed E-state index contributed by atoms with van der Waals surface area (Å²) in [6.07, 6.45) is 0. The van der Waals surface area contributed by atoms with Crippen LogP contribution in [0, 0.1) is 27.7 Å². The topological polar surface area (TPSA) is 14.1 Å². The Bertz CT molecular complexity index is 233. The number of aromatic nitrogens is 1. The van der Waals surface area contributed by atoms with Crippen molar-refractivity contribution in [2.24, 2.45) is 0 Å². The molecular weight excluding hydrogens is 249 g/mol. The van der Waals surface area contributed by atoms with Crippen LogP contribution in [-0.2, 0) is 0 Å². The molecule has 1 N–H and O–H groups in total. The second-order valence-corrected chi connectivity index (χ2v) is 2.89. The third kappa shape index (κ3) is 2.43. The quantitative estimate of drug-likeness (QED) is 0.519. The van der Waals surface area contributed by atoms with Gasteiger partial charge in [-0.25, -0.2) is 4.98 Å². The monoisotopic (exact) mass is 263 g/mol. The Morgan fingerprint density at radius 1 is 1.09 bits per heavy atom. The first kappa shape index (κ1) is 10.9. The Hall–Kier alpha value is -0.120. The van der Waals surface area contributed by atoms with Gasteiger partial charge in [-0.1, -0.05) is 0 Å². The minimum absolute atomic E-state index is 0. The summed E-state index contributed by atoms with van der Waals surface area (Å²) in [6.45, 7) is 8.47. The second-order valence-electron chi connectivity index (χ2n) is 2.89. The van der Waals surface area contributed by atoms with Crippen LogP contribution in [0.15, 0.2) is 6.07 Å². The van der Waals surface area contributed by atoms with E-state index < -0.39 is 0 Å². The van der Waals surface area contributed by atoms with Crippen LogP contribution in [0.1, 0.15) is 22.5 Å². The van der Waals surface area contributed by atoms with E-state index in [0.29, 0.717) is 0 Å². The molecule has 0 aromatic carbocycles. The van der Waals surface area contributed by atoms with Crippen LogP contribution in [0.5, 0.6) is 0 Å². The number of H-pyrrole nitrogens is 1. The average Bonchev–Trinajstić information content (AvgIpc) is 1.82. The molecule has 2 heteroatoms. The lowest BCUT2D eigenvalue weighted by Gasteiger charge is -1.97. The molecule has 0 saturated carbocycles. The Balaban J connectivity index is 0.000001000. The second kappa shape index (κ2) is 4.04. The Labute approximate surface area is 85.3 Å².